The summed E-state index contributed by atoms with van der Waals surface area (Å²) in [4.78, 5) is 0. The van der Waals surface area contributed by atoms with Crippen LogP contribution < -0.4 is 0 Å². The molecule has 15 heavy (non-hydrogen) atoms. The third-order valence-corrected chi connectivity index (χ3v) is 1.62. The van der Waals surface area contributed by atoms with E-state index in [1.165, 1.54) is 0 Å². The van der Waals surface area contributed by atoms with Crippen molar-refractivity contribution in [3.05, 3.63) is 12.0 Å². The minimum absolute atomic E-state index is 2.55. The standard InChI is InChI=1S/C5ClF7O2/c6-4(9,10)3(5(11,12)13)14-1(7)2(8)15-3. The van der Waals surface area contributed by atoms with Crippen molar-refractivity contribution >= 4 is 11.6 Å². The highest BCUT2D eigenvalue weighted by Crippen LogP contribution is 2.53. The van der Waals surface area contributed by atoms with Gasteiger partial charge in [0.05, 0.1) is 0 Å². The zero-order chi connectivity index (χ0) is 12.1. The molecule has 1 aliphatic rings. The van der Waals surface area contributed by atoms with Crippen LogP contribution in [0.25, 0.3) is 0 Å². The molecule has 1 heterocycles. The first-order valence-electron chi connectivity index (χ1n) is 3.08. The van der Waals surface area contributed by atoms with Gasteiger partial charge in [-0.3, -0.25) is 0 Å². The van der Waals surface area contributed by atoms with E-state index in [0.717, 1.165) is 0 Å². The maximum Gasteiger partial charge on any atom is 0.476 e. The number of rotatable bonds is 1. The van der Waals surface area contributed by atoms with Gasteiger partial charge in [0.1, 0.15) is 0 Å². The molecule has 1 rings (SSSR count). The smallest absolute Gasteiger partial charge is 0.409 e. The lowest BCUT2D eigenvalue weighted by Gasteiger charge is -2.31. The number of hydrogen-bond acceptors (Lipinski definition) is 2. The Hall–Kier alpha value is -0.860. The molecule has 0 N–H and O–H groups in total. The van der Waals surface area contributed by atoms with Gasteiger partial charge in [0.15, 0.2) is 0 Å². The van der Waals surface area contributed by atoms with Crippen LogP contribution in [0.2, 0.25) is 0 Å². The largest absolute Gasteiger partial charge is 0.476 e. The summed E-state index contributed by atoms with van der Waals surface area (Å²) < 4.78 is 91.2. The molecule has 0 bridgehead atoms. The van der Waals surface area contributed by atoms with Crippen LogP contribution >= 0.6 is 11.6 Å². The van der Waals surface area contributed by atoms with E-state index in [2.05, 4.69) is 21.1 Å². The topological polar surface area (TPSA) is 18.5 Å². The molecule has 0 saturated heterocycles. The molecule has 0 spiro atoms. The van der Waals surface area contributed by atoms with Gasteiger partial charge in [-0.15, -0.1) is 0 Å². The van der Waals surface area contributed by atoms with Crippen molar-refractivity contribution in [2.24, 2.45) is 0 Å². The quantitative estimate of drug-likeness (QED) is 0.532. The van der Waals surface area contributed by atoms with Gasteiger partial charge in [-0.25, -0.2) is 0 Å². The van der Waals surface area contributed by atoms with Crippen molar-refractivity contribution in [1.82, 2.24) is 0 Å². The second kappa shape index (κ2) is 3.06. The Kier molecular flexibility index (Phi) is 2.49. The summed E-state index contributed by atoms with van der Waals surface area (Å²) in [7, 11) is 0. The fourth-order valence-corrected chi connectivity index (χ4v) is 0.930. The van der Waals surface area contributed by atoms with Crippen molar-refractivity contribution in [2.45, 2.75) is 17.3 Å². The van der Waals surface area contributed by atoms with Crippen molar-refractivity contribution in [1.29, 1.82) is 0 Å². The predicted molar refractivity (Wildman–Crippen MR) is 31.0 cm³/mol. The highest BCUT2D eigenvalue weighted by molar-refractivity contribution is 6.22. The molecule has 2 nitrogen and oxygen atoms in total. The average molecular weight is 260 g/mol. The molecule has 0 aliphatic carbocycles. The van der Waals surface area contributed by atoms with Crippen LogP contribution in [0.1, 0.15) is 0 Å². The lowest BCUT2D eigenvalue weighted by molar-refractivity contribution is -0.394. The zero-order valence-corrected chi connectivity index (χ0v) is 7.10. The summed E-state index contributed by atoms with van der Waals surface area (Å²) in [6.07, 6.45) is -5.93. The van der Waals surface area contributed by atoms with E-state index in [1.807, 2.05) is 0 Å². The van der Waals surface area contributed by atoms with Crippen LogP contribution in [-0.2, 0) is 9.47 Å². The van der Waals surface area contributed by atoms with Gasteiger partial charge in [-0.05, 0) is 11.6 Å². The monoisotopic (exact) mass is 260 g/mol. The van der Waals surface area contributed by atoms with Crippen molar-refractivity contribution in [3.63, 3.8) is 0 Å². The minimum atomic E-state index is -5.93. The maximum atomic E-state index is 12.4. The van der Waals surface area contributed by atoms with Crippen LogP contribution in [0.4, 0.5) is 30.7 Å². The highest BCUT2D eigenvalue weighted by Gasteiger charge is 2.78. The van der Waals surface area contributed by atoms with E-state index < -0.39 is 29.4 Å². The number of ether oxygens (including phenoxy) is 2. The van der Waals surface area contributed by atoms with Crippen molar-refractivity contribution in [2.75, 3.05) is 0 Å². The number of halogens is 8. The molecule has 10 heteroatoms. The fourth-order valence-electron chi connectivity index (χ4n) is 0.746. The van der Waals surface area contributed by atoms with Crippen molar-refractivity contribution in [3.8, 4) is 0 Å². The third kappa shape index (κ3) is 1.68. The molecule has 1 aliphatic heterocycles. The van der Waals surface area contributed by atoms with Gasteiger partial charge < -0.3 is 9.47 Å². The number of hydrogen-bond donors (Lipinski definition) is 0. The second-order valence-electron chi connectivity index (χ2n) is 2.36. The van der Waals surface area contributed by atoms with Gasteiger partial charge >= 0.3 is 29.4 Å². The van der Waals surface area contributed by atoms with Crippen LogP contribution in [0, 0.1) is 0 Å². The summed E-state index contributed by atoms with van der Waals surface area (Å²) in [5.74, 6) is -4.88. The average Bonchev–Trinajstić information content (AvgIpc) is 2.26. The molecule has 0 aromatic heterocycles. The zero-order valence-electron chi connectivity index (χ0n) is 6.34. The minimum Gasteiger partial charge on any atom is -0.409 e. The fraction of sp³-hybridized carbons (Fsp3) is 0.600. The van der Waals surface area contributed by atoms with Crippen LogP contribution in [0.3, 0.4) is 0 Å². The Morgan fingerprint density at radius 2 is 1.27 bits per heavy atom. The highest BCUT2D eigenvalue weighted by atomic mass is 35.5. The lowest BCUT2D eigenvalue weighted by atomic mass is 10.3. The Morgan fingerprint density at radius 1 is 0.933 bits per heavy atom. The maximum absolute atomic E-state index is 12.4. The Bertz CT molecular complexity index is 273. The molecule has 0 unspecified atom stereocenters. The van der Waals surface area contributed by atoms with Gasteiger partial charge in [-0.2, -0.15) is 30.7 Å². The van der Waals surface area contributed by atoms with Crippen LogP contribution in [-0.4, -0.2) is 17.3 Å². The molecule has 0 atom stereocenters. The van der Waals surface area contributed by atoms with Gasteiger partial charge in [0.25, 0.3) is 0 Å². The Balaban J connectivity index is 3.16. The van der Waals surface area contributed by atoms with E-state index in [9.17, 15) is 30.7 Å². The predicted octanol–water partition coefficient (Wildman–Crippen LogP) is 3.19. The van der Waals surface area contributed by atoms with Crippen molar-refractivity contribution < 1.29 is 40.2 Å². The Labute approximate surface area is 82.2 Å². The summed E-state index contributed by atoms with van der Waals surface area (Å²) in [6, 6.07) is -5.10. The van der Waals surface area contributed by atoms with E-state index >= 15 is 0 Å². The summed E-state index contributed by atoms with van der Waals surface area (Å²) >= 11 is 4.05. The van der Waals surface area contributed by atoms with Gasteiger partial charge in [0.2, 0.25) is 0 Å². The Morgan fingerprint density at radius 3 is 1.40 bits per heavy atom. The van der Waals surface area contributed by atoms with Crippen LogP contribution in [0.15, 0.2) is 12.0 Å². The van der Waals surface area contributed by atoms with Crippen LogP contribution in [0.5, 0.6) is 0 Å². The molecule has 0 aromatic carbocycles. The summed E-state index contributed by atoms with van der Waals surface area (Å²) in [5, 5.41) is -5.20. The van der Waals surface area contributed by atoms with E-state index in [-0.39, 0.29) is 0 Å². The molecular formula is C5ClF7O2. The van der Waals surface area contributed by atoms with E-state index in [4.69, 9.17) is 0 Å². The van der Waals surface area contributed by atoms with E-state index in [1.54, 1.807) is 0 Å². The molecule has 0 fully saturated rings. The molecular weight excluding hydrogens is 260 g/mol. The van der Waals surface area contributed by atoms with Gasteiger partial charge in [-0.1, -0.05) is 0 Å². The molecule has 0 aromatic rings. The first-order chi connectivity index (χ1) is 6.51. The first-order valence-corrected chi connectivity index (χ1v) is 3.46. The number of alkyl halides is 6. The third-order valence-electron chi connectivity index (χ3n) is 1.37. The normalized spacial score (nSPS) is 21.3. The molecule has 88 valence electrons. The molecule has 0 saturated carbocycles. The second-order valence-corrected chi connectivity index (χ2v) is 2.84. The SMILES string of the molecule is FC1=C(F)OC(C(F)(F)F)(C(F)(F)Cl)O1. The lowest BCUT2D eigenvalue weighted by Crippen LogP contribution is -2.57. The summed E-state index contributed by atoms with van der Waals surface area (Å²) in [6.45, 7) is 0. The first kappa shape index (κ1) is 12.2. The summed E-state index contributed by atoms with van der Waals surface area (Å²) in [5.41, 5.74) is 0. The van der Waals surface area contributed by atoms with Gasteiger partial charge in [0, 0.05) is 0 Å². The molecule has 0 amide bonds. The molecule has 0 radical (unpaired) electrons. The van der Waals surface area contributed by atoms with E-state index in [0.29, 0.717) is 0 Å².